The Hall–Kier alpha value is -0.200. The molecule has 2 N–H and O–H groups in total. The van der Waals surface area contributed by atoms with Gasteiger partial charge < -0.3 is 19.8 Å². The van der Waals surface area contributed by atoms with Crippen molar-refractivity contribution in [2.75, 3.05) is 19.8 Å². The van der Waals surface area contributed by atoms with Gasteiger partial charge in [-0.2, -0.15) is 5.06 Å². The monoisotopic (exact) mass is 329 g/mol. The summed E-state index contributed by atoms with van der Waals surface area (Å²) in [6.07, 6.45) is 4.69. The Bertz CT molecular complexity index is 396. The molecule has 136 valence electrons. The number of aliphatic hydroxyl groups excluding tert-OH is 1. The fourth-order valence-corrected chi connectivity index (χ4v) is 4.20. The minimum Gasteiger partial charge on any atom is -0.396 e. The van der Waals surface area contributed by atoms with Crippen molar-refractivity contribution in [2.45, 2.75) is 90.0 Å². The largest absolute Gasteiger partial charge is 0.396 e. The van der Waals surface area contributed by atoms with Crippen LogP contribution >= 0.6 is 0 Å². The lowest BCUT2D eigenvalue weighted by molar-refractivity contribution is -0.382. The molecule has 2 aliphatic rings. The average molecular weight is 329 g/mol. The SMILES string of the molecule is CCC1(CO)COC2(CC(C)(CC)N(O)C(CC)(CC)C2)OC1. The van der Waals surface area contributed by atoms with Crippen molar-refractivity contribution in [3.63, 3.8) is 0 Å². The van der Waals surface area contributed by atoms with Crippen LogP contribution < -0.4 is 0 Å². The predicted octanol–water partition coefficient (Wildman–Crippen LogP) is 3.33. The molecule has 2 saturated heterocycles. The van der Waals surface area contributed by atoms with Crippen LogP contribution in [0.15, 0.2) is 0 Å². The molecular formula is C18H35NO4. The summed E-state index contributed by atoms with van der Waals surface area (Å²) in [5.41, 5.74) is -0.977. The maximum Gasteiger partial charge on any atom is 0.172 e. The number of rotatable bonds is 5. The number of ether oxygens (including phenoxy) is 2. The summed E-state index contributed by atoms with van der Waals surface area (Å²) in [6.45, 7) is 11.6. The molecule has 5 heteroatoms. The number of hydrogen-bond acceptors (Lipinski definition) is 5. The molecule has 2 fully saturated rings. The third kappa shape index (κ3) is 3.07. The summed E-state index contributed by atoms with van der Waals surface area (Å²) < 4.78 is 12.6. The van der Waals surface area contributed by atoms with Gasteiger partial charge in [0.25, 0.3) is 0 Å². The molecule has 0 aromatic rings. The van der Waals surface area contributed by atoms with Gasteiger partial charge in [0.2, 0.25) is 0 Å². The second kappa shape index (κ2) is 6.60. The molecule has 1 spiro atoms. The Balaban J connectivity index is 2.30. The maximum atomic E-state index is 10.9. The van der Waals surface area contributed by atoms with Crippen LogP contribution in [0.2, 0.25) is 0 Å². The molecule has 1 unspecified atom stereocenters. The molecule has 23 heavy (non-hydrogen) atoms. The lowest BCUT2D eigenvalue weighted by atomic mass is 9.71. The third-order valence-corrected chi connectivity index (χ3v) is 6.66. The highest BCUT2D eigenvalue weighted by Crippen LogP contribution is 2.51. The molecule has 0 radical (unpaired) electrons. The van der Waals surface area contributed by atoms with E-state index < -0.39 is 5.79 Å². The molecule has 0 saturated carbocycles. The lowest BCUT2D eigenvalue weighted by Gasteiger charge is -2.60. The fraction of sp³-hybridized carbons (Fsp3) is 1.00. The fourth-order valence-electron chi connectivity index (χ4n) is 4.20. The van der Waals surface area contributed by atoms with E-state index in [1.54, 1.807) is 5.06 Å². The van der Waals surface area contributed by atoms with Crippen LogP contribution in [0, 0.1) is 5.41 Å². The van der Waals surface area contributed by atoms with Gasteiger partial charge >= 0.3 is 0 Å². The number of piperidine rings is 1. The van der Waals surface area contributed by atoms with Crippen LogP contribution in [-0.2, 0) is 9.47 Å². The molecule has 0 aliphatic carbocycles. The first-order chi connectivity index (χ1) is 10.8. The normalized spacial score (nSPS) is 41.3. The Morgan fingerprint density at radius 1 is 0.913 bits per heavy atom. The Morgan fingerprint density at radius 2 is 1.48 bits per heavy atom. The molecule has 2 heterocycles. The molecule has 0 bridgehead atoms. The van der Waals surface area contributed by atoms with Gasteiger partial charge in [-0.15, -0.1) is 0 Å². The highest BCUT2D eigenvalue weighted by Gasteiger charge is 2.59. The topological polar surface area (TPSA) is 62.2 Å². The van der Waals surface area contributed by atoms with Crippen LogP contribution in [0.25, 0.3) is 0 Å². The molecule has 0 aromatic carbocycles. The molecule has 5 nitrogen and oxygen atoms in total. The molecule has 2 aliphatic heterocycles. The van der Waals surface area contributed by atoms with E-state index in [1.807, 2.05) is 0 Å². The predicted molar refractivity (Wildman–Crippen MR) is 89.3 cm³/mol. The summed E-state index contributed by atoms with van der Waals surface area (Å²) in [5, 5.41) is 22.2. The second-order valence-electron chi connectivity index (χ2n) is 7.95. The summed E-state index contributed by atoms with van der Waals surface area (Å²) in [4.78, 5) is 0. The van der Waals surface area contributed by atoms with Crippen LogP contribution in [0.1, 0.15) is 73.1 Å². The first-order valence-corrected chi connectivity index (χ1v) is 9.17. The molecule has 0 aromatic heterocycles. The summed E-state index contributed by atoms with van der Waals surface area (Å²) in [5.74, 6) is -0.649. The van der Waals surface area contributed by atoms with Crippen LogP contribution in [0.4, 0.5) is 0 Å². The summed E-state index contributed by atoms with van der Waals surface area (Å²) >= 11 is 0. The van der Waals surface area contributed by atoms with Crippen molar-refractivity contribution >= 4 is 0 Å². The average Bonchev–Trinajstić information content (AvgIpc) is 2.59. The van der Waals surface area contributed by atoms with Gasteiger partial charge in [-0.1, -0.05) is 27.7 Å². The number of nitrogens with zero attached hydrogens (tertiary/aromatic N) is 1. The van der Waals surface area contributed by atoms with Gasteiger partial charge in [-0.25, -0.2) is 0 Å². The lowest BCUT2D eigenvalue weighted by Crippen LogP contribution is -2.69. The van der Waals surface area contributed by atoms with E-state index in [0.717, 1.165) is 25.7 Å². The third-order valence-electron chi connectivity index (χ3n) is 6.66. The Morgan fingerprint density at radius 3 is 1.87 bits per heavy atom. The van der Waals surface area contributed by atoms with Crippen molar-refractivity contribution in [1.82, 2.24) is 5.06 Å². The summed E-state index contributed by atoms with van der Waals surface area (Å²) in [6, 6.07) is 0. The van der Waals surface area contributed by atoms with Gasteiger partial charge in [0, 0.05) is 23.8 Å². The zero-order valence-corrected chi connectivity index (χ0v) is 15.5. The molecular weight excluding hydrogens is 294 g/mol. The smallest absolute Gasteiger partial charge is 0.172 e. The van der Waals surface area contributed by atoms with E-state index in [-0.39, 0.29) is 23.1 Å². The highest BCUT2D eigenvalue weighted by atomic mass is 16.7. The number of hydrogen-bond donors (Lipinski definition) is 2. The second-order valence-corrected chi connectivity index (χ2v) is 7.95. The van der Waals surface area contributed by atoms with Gasteiger partial charge in [-0.05, 0) is 32.6 Å². The van der Waals surface area contributed by atoms with Gasteiger partial charge in [0.15, 0.2) is 5.79 Å². The van der Waals surface area contributed by atoms with Crippen LogP contribution in [0.5, 0.6) is 0 Å². The zero-order valence-electron chi connectivity index (χ0n) is 15.5. The van der Waals surface area contributed by atoms with E-state index in [0.29, 0.717) is 26.1 Å². The van der Waals surface area contributed by atoms with Crippen molar-refractivity contribution in [1.29, 1.82) is 0 Å². The van der Waals surface area contributed by atoms with Gasteiger partial charge in [-0.3, -0.25) is 0 Å². The Labute approximate surface area is 140 Å². The van der Waals surface area contributed by atoms with E-state index in [2.05, 4.69) is 34.6 Å². The molecule has 0 amide bonds. The maximum absolute atomic E-state index is 10.9. The molecule has 2 rings (SSSR count). The highest BCUT2D eigenvalue weighted by molar-refractivity contribution is 5.06. The number of hydroxylamine groups is 2. The molecule has 1 atom stereocenters. The van der Waals surface area contributed by atoms with Crippen molar-refractivity contribution < 1.29 is 19.8 Å². The quantitative estimate of drug-likeness (QED) is 0.810. The van der Waals surface area contributed by atoms with E-state index in [9.17, 15) is 10.3 Å². The standard InChI is InChI=1S/C18H35NO4/c1-6-15(5)10-18(11-17(8-3,9-4)19(15)21)22-13-16(7-2,12-20)14-23-18/h20-21H,6-14H2,1-5H3. The van der Waals surface area contributed by atoms with E-state index >= 15 is 0 Å². The van der Waals surface area contributed by atoms with Crippen LogP contribution in [0.3, 0.4) is 0 Å². The Kier molecular flexibility index (Phi) is 5.49. The van der Waals surface area contributed by atoms with Crippen molar-refractivity contribution in [3.05, 3.63) is 0 Å². The summed E-state index contributed by atoms with van der Waals surface area (Å²) in [7, 11) is 0. The van der Waals surface area contributed by atoms with Crippen LogP contribution in [-0.4, -0.2) is 52.1 Å². The minimum atomic E-state index is -0.649. The number of aliphatic hydroxyl groups is 1. The first kappa shape index (κ1) is 19.1. The van der Waals surface area contributed by atoms with E-state index in [4.69, 9.17) is 9.47 Å². The van der Waals surface area contributed by atoms with Gasteiger partial charge in [0.05, 0.1) is 25.4 Å². The first-order valence-electron chi connectivity index (χ1n) is 9.17. The van der Waals surface area contributed by atoms with Crippen molar-refractivity contribution in [2.24, 2.45) is 5.41 Å². The minimum absolute atomic E-state index is 0.0868. The van der Waals surface area contributed by atoms with E-state index in [1.165, 1.54) is 0 Å². The van der Waals surface area contributed by atoms with Crippen molar-refractivity contribution in [3.8, 4) is 0 Å². The zero-order chi connectivity index (χ0) is 17.4. The van der Waals surface area contributed by atoms with Gasteiger partial charge in [0.1, 0.15) is 0 Å².